The molecule has 0 bridgehead atoms. The van der Waals surface area contributed by atoms with E-state index in [1.165, 1.54) is 16.2 Å². The number of carbonyl (C=O) groups is 2. The summed E-state index contributed by atoms with van der Waals surface area (Å²) in [5.74, 6) is -0.821. The molecule has 0 spiro atoms. The van der Waals surface area contributed by atoms with Gasteiger partial charge in [0.1, 0.15) is 5.75 Å². The van der Waals surface area contributed by atoms with Gasteiger partial charge in [-0.15, -0.1) is 11.3 Å². The van der Waals surface area contributed by atoms with Crippen molar-refractivity contribution in [1.29, 1.82) is 0 Å². The van der Waals surface area contributed by atoms with Crippen LogP contribution in [0.4, 0.5) is 5.69 Å². The zero-order valence-electron chi connectivity index (χ0n) is 19.9. The van der Waals surface area contributed by atoms with Crippen LogP contribution in [-0.4, -0.2) is 23.4 Å². The second kappa shape index (κ2) is 9.47. The molecule has 0 saturated carbocycles. The molecule has 1 aliphatic heterocycles. The first-order valence-electron chi connectivity index (χ1n) is 11.4. The van der Waals surface area contributed by atoms with Gasteiger partial charge >= 0.3 is 0 Å². The van der Waals surface area contributed by atoms with Crippen molar-refractivity contribution in [3.63, 3.8) is 0 Å². The number of amides is 1. The van der Waals surface area contributed by atoms with Gasteiger partial charge in [0, 0.05) is 11.8 Å². The summed E-state index contributed by atoms with van der Waals surface area (Å²) in [5.41, 5.74) is 2.51. The van der Waals surface area contributed by atoms with Gasteiger partial charge in [-0.25, -0.2) is 0 Å². The minimum atomic E-state index is -0.752. The Morgan fingerprint density at radius 2 is 1.82 bits per heavy atom. The van der Waals surface area contributed by atoms with Gasteiger partial charge in [0.15, 0.2) is 5.76 Å². The maximum atomic E-state index is 13.4. The molecule has 34 heavy (non-hydrogen) atoms. The van der Waals surface area contributed by atoms with Crippen molar-refractivity contribution >= 4 is 28.7 Å². The Kier molecular flexibility index (Phi) is 6.62. The molecule has 0 radical (unpaired) electrons. The number of aliphatic hydroxyl groups excluding tert-OH is 1. The number of nitrogens with zero attached hydrogens (tertiary/aromatic N) is 1. The first-order valence-corrected chi connectivity index (χ1v) is 12.3. The number of rotatable bonds is 7. The summed E-state index contributed by atoms with van der Waals surface area (Å²) in [6.45, 7) is 8.97. The molecule has 1 aliphatic rings. The van der Waals surface area contributed by atoms with Crippen LogP contribution in [-0.2, 0) is 10.2 Å². The van der Waals surface area contributed by atoms with Gasteiger partial charge in [0.25, 0.3) is 5.91 Å². The van der Waals surface area contributed by atoms with Gasteiger partial charge in [-0.3, -0.25) is 14.5 Å². The number of ether oxygens (including phenoxy) is 1. The van der Waals surface area contributed by atoms with Crippen LogP contribution in [0.15, 0.2) is 77.4 Å². The molecule has 5 nitrogen and oxygen atoms in total. The summed E-state index contributed by atoms with van der Waals surface area (Å²) in [5, 5.41) is 12.7. The van der Waals surface area contributed by atoms with Crippen molar-refractivity contribution in [3.8, 4) is 5.75 Å². The highest BCUT2D eigenvalue weighted by Crippen LogP contribution is 2.43. The third-order valence-corrected chi connectivity index (χ3v) is 6.73. The average molecular weight is 476 g/mol. The molecule has 2 aromatic carbocycles. The lowest BCUT2D eigenvalue weighted by molar-refractivity contribution is -0.117. The number of aliphatic hydroxyl groups is 1. The van der Waals surface area contributed by atoms with Crippen molar-refractivity contribution < 1.29 is 19.4 Å². The molecule has 176 valence electrons. The molecule has 1 amide bonds. The number of hydrogen-bond acceptors (Lipinski definition) is 5. The molecule has 1 atom stereocenters. The lowest BCUT2D eigenvalue weighted by Gasteiger charge is -2.28. The molecular weight excluding hydrogens is 446 g/mol. The van der Waals surface area contributed by atoms with Crippen molar-refractivity contribution in [2.45, 2.75) is 45.6 Å². The summed E-state index contributed by atoms with van der Waals surface area (Å²) in [4.78, 5) is 28.8. The normalized spacial score (nSPS) is 16.3. The second-order valence-corrected chi connectivity index (χ2v) is 10.3. The Morgan fingerprint density at radius 1 is 1.09 bits per heavy atom. The summed E-state index contributed by atoms with van der Waals surface area (Å²) in [6, 6.07) is 17.8. The molecule has 4 rings (SSSR count). The maximum absolute atomic E-state index is 13.4. The van der Waals surface area contributed by atoms with E-state index in [2.05, 4.69) is 20.8 Å². The van der Waals surface area contributed by atoms with Crippen molar-refractivity contribution in [2.24, 2.45) is 0 Å². The molecule has 3 aromatic rings. The van der Waals surface area contributed by atoms with E-state index in [4.69, 9.17) is 4.74 Å². The molecule has 2 heterocycles. The van der Waals surface area contributed by atoms with Crippen LogP contribution in [0, 0.1) is 0 Å². The molecule has 6 heteroatoms. The van der Waals surface area contributed by atoms with Crippen molar-refractivity contribution in [3.05, 3.63) is 93.4 Å². The number of benzene rings is 2. The average Bonchev–Trinajstić information content (AvgIpc) is 3.44. The van der Waals surface area contributed by atoms with E-state index in [9.17, 15) is 14.7 Å². The highest BCUT2D eigenvalue weighted by atomic mass is 32.1. The highest BCUT2D eigenvalue weighted by molar-refractivity contribution is 7.12. The fourth-order valence-electron chi connectivity index (χ4n) is 4.07. The number of hydrogen-bond donors (Lipinski definition) is 1. The molecule has 0 saturated heterocycles. The van der Waals surface area contributed by atoms with Crippen LogP contribution in [0.2, 0.25) is 0 Å². The highest BCUT2D eigenvalue weighted by Gasteiger charge is 2.45. The fraction of sp³-hybridized carbons (Fsp3) is 0.286. The first-order chi connectivity index (χ1) is 16.2. The van der Waals surface area contributed by atoms with E-state index < -0.39 is 17.7 Å². The van der Waals surface area contributed by atoms with Crippen LogP contribution < -0.4 is 9.64 Å². The SMILES string of the molecule is CCCOc1cccc(N2C(=O)C(O)=C(C(=O)c3cccs3)C2c2ccc(C(C)(C)C)cc2)c1. The topological polar surface area (TPSA) is 66.8 Å². The molecular formula is C28H29NO4S. The van der Waals surface area contributed by atoms with E-state index >= 15 is 0 Å². The Bertz CT molecular complexity index is 1220. The smallest absolute Gasteiger partial charge is 0.294 e. The summed E-state index contributed by atoms with van der Waals surface area (Å²) < 4.78 is 5.77. The lowest BCUT2D eigenvalue weighted by Crippen LogP contribution is -2.31. The first kappa shape index (κ1) is 23.8. The van der Waals surface area contributed by atoms with E-state index in [0.29, 0.717) is 22.9 Å². The quantitative estimate of drug-likeness (QED) is 0.390. The van der Waals surface area contributed by atoms with E-state index in [0.717, 1.165) is 17.5 Å². The third-order valence-electron chi connectivity index (χ3n) is 5.86. The summed E-state index contributed by atoms with van der Waals surface area (Å²) >= 11 is 1.29. The van der Waals surface area contributed by atoms with Crippen LogP contribution >= 0.6 is 11.3 Å². The van der Waals surface area contributed by atoms with E-state index in [1.54, 1.807) is 29.6 Å². The van der Waals surface area contributed by atoms with E-state index in [1.807, 2.05) is 43.3 Å². The van der Waals surface area contributed by atoms with Gasteiger partial charge in [-0.2, -0.15) is 0 Å². The van der Waals surface area contributed by atoms with Gasteiger partial charge < -0.3 is 9.84 Å². The Balaban J connectivity index is 1.83. The molecule has 1 aromatic heterocycles. The summed E-state index contributed by atoms with van der Waals surface area (Å²) in [6.07, 6.45) is 0.859. The second-order valence-electron chi connectivity index (χ2n) is 9.36. The Morgan fingerprint density at radius 3 is 2.44 bits per heavy atom. The Hall–Kier alpha value is -3.38. The zero-order chi connectivity index (χ0) is 24.5. The van der Waals surface area contributed by atoms with E-state index in [-0.39, 0.29) is 16.8 Å². The fourth-order valence-corrected chi connectivity index (χ4v) is 4.75. The van der Waals surface area contributed by atoms with Gasteiger partial charge in [-0.05, 0) is 46.5 Å². The standard InChI is InChI=1S/C28H29NO4S/c1-5-15-33-21-9-6-8-20(17-21)29-24(18-11-13-19(14-12-18)28(2,3)4)23(26(31)27(29)32)25(30)22-10-7-16-34-22/h6-14,16-17,24,31H,5,15H2,1-4H3. The van der Waals surface area contributed by atoms with Crippen LogP contribution in [0.1, 0.15) is 61.0 Å². The number of Topliss-reactive ketones (excluding diaryl/α,β-unsaturated/α-hetero) is 1. The minimum Gasteiger partial charge on any atom is -0.503 e. The van der Waals surface area contributed by atoms with Gasteiger partial charge in [-0.1, -0.05) is 64.1 Å². The number of carbonyl (C=O) groups excluding carboxylic acids is 2. The number of thiophene rings is 1. The maximum Gasteiger partial charge on any atom is 0.294 e. The predicted octanol–water partition coefficient (Wildman–Crippen LogP) is 6.62. The predicted molar refractivity (Wildman–Crippen MR) is 136 cm³/mol. The van der Waals surface area contributed by atoms with Crippen molar-refractivity contribution in [2.75, 3.05) is 11.5 Å². The van der Waals surface area contributed by atoms with Crippen LogP contribution in [0.3, 0.4) is 0 Å². The van der Waals surface area contributed by atoms with Crippen molar-refractivity contribution in [1.82, 2.24) is 0 Å². The van der Waals surface area contributed by atoms with Crippen LogP contribution in [0.5, 0.6) is 5.75 Å². The minimum absolute atomic E-state index is 0.0394. The number of ketones is 1. The zero-order valence-corrected chi connectivity index (χ0v) is 20.7. The van der Waals surface area contributed by atoms with Crippen LogP contribution in [0.25, 0.3) is 0 Å². The molecule has 1 unspecified atom stereocenters. The lowest BCUT2D eigenvalue weighted by atomic mass is 9.85. The third kappa shape index (κ3) is 4.50. The van der Waals surface area contributed by atoms with Gasteiger partial charge in [0.05, 0.1) is 23.1 Å². The monoisotopic (exact) mass is 475 g/mol. The summed E-state index contributed by atoms with van der Waals surface area (Å²) in [7, 11) is 0. The molecule has 1 N–H and O–H groups in total. The molecule has 0 fully saturated rings. The Labute approximate surface area is 204 Å². The number of anilines is 1. The largest absolute Gasteiger partial charge is 0.503 e. The molecule has 0 aliphatic carbocycles. The van der Waals surface area contributed by atoms with Gasteiger partial charge in [0.2, 0.25) is 5.78 Å².